The molecule has 0 N–H and O–H groups in total. The lowest BCUT2D eigenvalue weighted by Crippen LogP contribution is -2.58. The molecule has 5 atom stereocenters. The highest BCUT2D eigenvalue weighted by Crippen LogP contribution is 2.56. The van der Waals surface area contributed by atoms with Crippen molar-refractivity contribution in [1.82, 2.24) is 0 Å². The van der Waals surface area contributed by atoms with E-state index in [9.17, 15) is 4.79 Å². The van der Waals surface area contributed by atoms with Gasteiger partial charge in [0, 0.05) is 5.92 Å². The second-order valence-electron chi connectivity index (χ2n) is 9.01. The lowest BCUT2D eigenvalue weighted by atomic mass is 9.58. The largest absolute Gasteiger partial charge is 0.413 e. The summed E-state index contributed by atoms with van der Waals surface area (Å²) in [4.78, 5) is 13.4. The Balaban J connectivity index is 2.46. The molecular formula is C21H40O2Si. The molecule has 1 spiro atoms. The van der Waals surface area contributed by atoms with Gasteiger partial charge in [0.25, 0.3) is 0 Å². The van der Waals surface area contributed by atoms with Crippen LogP contribution in [0.15, 0.2) is 0 Å². The molecule has 0 radical (unpaired) electrons. The maximum absolute atomic E-state index is 13.4. The van der Waals surface area contributed by atoms with Crippen LogP contribution in [0.4, 0.5) is 0 Å². The van der Waals surface area contributed by atoms with Crippen LogP contribution in [0.25, 0.3) is 0 Å². The Morgan fingerprint density at radius 2 is 1.67 bits per heavy atom. The van der Waals surface area contributed by atoms with Crippen molar-refractivity contribution in [3.05, 3.63) is 0 Å². The zero-order chi connectivity index (χ0) is 18.1. The molecule has 0 saturated heterocycles. The Labute approximate surface area is 151 Å². The first-order valence-corrected chi connectivity index (χ1v) is 13.0. The number of carbonyl (C=O) groups excluding carboxylic acids is 1. The summed E-state index contributed by atoms with van der Waals surface area (Å²) in [5.74, 6) is 2.38. The van der Waals surface area contributed by atoms with Gasteiger partial charge in [-0.25, -0.2) is 0 Å². The molecule has 2 aliphatic carbocycles. The van der Waals surface area contributed by atoms with Gasteiger partial charge in [0.15, 0.2) is 8.32 Å². The maximum Gasteiger partial charge on any atom is 0.192 e. The number of ketones is 1. The molecule has 0 bridgehead atoms. The van der Waals surface area contributed by atoms with E-state index in [1.807, 2.05) is 0 Å². The zero-order valence-electron chi connectivity index (χ0n) is 17.2. The van der Waals surface area contributed by atoms with Gasteiger partial charge in [0.1, 0.15) is 5.78 Å². The predicted molar refractivity (Wildman–Crippen MR) is 105 cm³/mol. The first-order valence-electron chi connectivity index (χ1n) is 10.5. The van der Waals surface area contributed by atoms with Crippen molar-refractivity contribution in [3.8, 4) is 0 Å². The SMILES string of the molecule is CC[Si](CC)(CC)O[C@@H]1[C@H](C(C)C)CC[C@@H](C)[C@]12CCC(C)C2=O. The van der Waals surface area contributed by atoms with Crippen molar-refractivity contribution in [2.24, 2.45) is 29.1 Å². The summed E-state index contributed by atoms with van der Waals surface area (Å²) in [5, 5.41) is 0. The third-order valence-electron chi connectivity index (χ3n) is 7.77. The lowest BCUT2D eigenvalue weighted by Gasteiger charge is -2.53. The minimum atomic E-state index is -1.72. The van der Waals surface area contributed by atoms with E-state index in [0.29, 0.717) is 23.5 Å². The molecule has 0 amide bonds. The summed E-state index contributed by atoms with van der Waals surface area (Å²) in [6.45, 7) is 16.1. The number of carbonyl (C=O) groups is 1. The van der Waals surface area contributed by atoms with Crippen molar-refractivity contribution in [2.45, 2.75) is 98.4 Å². The summed E-state index contributed by atoms with van der Waals surface area (Å²) in [7, 11) is -1.72. The quantitative estimate of drug-likeness (QED) is 0.543. The van der Waals surface area contributed by atoms with Gasteiger partial charge in [0.05, 0.1) is 11.5 Å². The van der Waals surface area contributed by atoms with Crippen molar-refractivity contribution < 1.29 is 9.22 Å². The number of rotatable bonds is 6. The Morgan fingerprint density at radius 1 is 1.08 bits per heavy atom. The minimum absolute atomic E-state index is 0.171. The molecule has 2 saturated carbocycles. The van der Waals surface area contributed by atoms with Gasteiger partial charge in [0.2, 0.25) is 0 Å². The Kier molecular flexibility index (Phi) is 6.40. The van der Waals surface area contributed by atoms with Gasteiger partial charge < -0.3 is 4.43 Å². The highest BCUT2D eigenvalue weighted by atomic mass is 28.4. The topological polar surface area (TPSA) is 26.3 Å². The van der Waals surface area contributed by atoms with E-state index < -0.39 is 8.32 Å². The summed E-state index contributed by atoms with van der Waals surface area (Å²) in [6, 6.07) is 3.53. The number of hydrogen-bond donors (Lipinski definition) is 0. The van der Waals surface area contributed by atoms with E-state index in [-0.39, 0.29) is 17.4 Å². The number of hydrogen-bond acceptors (Lipinski definition) is 2. The molecule has 2 nitrogen and oxygen atoms in total. The monoisotopic (exact) mass is 352 g/mol. The summed E-state index contributed by atoms with van der Waals surface area (Å²) >= 11 is 0. The molecule has 0 aromatic heterocycles. The molecule has 0 heterocycles. The molecular weight excluding hydrogens is 312 g/mol. The second kappa shape index (κ2) is 7.61. The minimum Gasteiger partial charge on any atom is -0.413 e. The van der Waals surface area contributed by atoms with Gasteiger partial charge in [-0.2, -0.15) is 0 Å². The lowest BCUT2D eigenvalue weighted by molar-refractivity contribution is -0.148. The highest BCUT2D eigenvalue weighted by Gasteiger charge is 2.60. The standard InChI is InChI=1S/C21H40O2Si/c1-8-24(9-2,10-3)23-20-18(15(4)5)12-11-17(7)21(20)14-13-16(6)19(21)22/h15-18,20H,8-14H2,1-7H3/t16?,17-,18+,20-,21+/m1/s1. The van der Waals surface area contributed by atoms with Crippen LogP contribution in [0, 0.1) is 29.1 Å². The first-order chi connectivity index (χ1) is 11.3. The van der Waals surface area contributed by atoms with E-state index in [2.05, 4.69) is 48.5 Å². The van der Waals surface area contributed by atoms with Crippen LogP contribution in [0.3, 0.4) is 0 Å². The van der Waals surface area contributed by atoms with E-state index in [0.717, 1.165) is 12.8 Å². The van der Waals surface area contributed by atoms with Gasteiger partial charge >= 0.3 is 0 Å². The van der Waals surface area contributed by atoms with Gasteiger partial charge in [-0.3, -0.25) is 4.79 Å². The highest BCUT2D eigenvalue weighted by molar-refractivity contribution is 6.73. The molecule has 0 aliphatic heterocycles. The maximum atomic E-state index is 13.4. The molecule has 2 rings (SSSR count). The fraction of sp³-hybridized carbons (Fsp3) is 0.952. The normalized spacial score (nSPS) is 37.6. The molecule has 0 aromatic carbocycles. The smallest absolute Gasteiger partial charge is 0.192 e. The fourth-order valence-electron chi connectivity index (χ4n) is 5.60. The van der Waals surface area contributed by atoms with Crippen molar-refractivity contribution in [2.75, 3.05) is 0 Å². The molecule has 0 aromatic rings. The predicted octanol–water partition coefficient (Wildman–Crippen LogP) is 6.06. The summed E-state index contributed by atoms with van der Waals surface area (Å²) < 4.78 is 7.15. The van der Waals surface area contributed by atoms with Crippen molar-refractivity contribution in [3.63, 3.8) is 0 Å². The van der Waals surface area contributed by atoms with E-state index in [1.54, 1.807) is 0 Å². The Hall–Kier alpha value is -0.153. The molecule has 140 valence electrons. The summed E-state index contributed by atoms with van der Waals surface area (Å²) in [6.07, 6.45) is 4.72. The molecule has 1 unspecified atom stereocenters. The average molecular weight is 353 g/mol. The Morgan fingerprint density at radius 3 is 2.08 bits per heavy atom. The average Bonchev–Trinajstić information content (AvgIpc) is 2.86. The van der Waals surface area contributed by atoms with Crippen LogP contribution in [-0.4, -0.2) is 20.2 Å². The van der Waals surface area contributed by atoms with Crippen LogP contribution in [-0.2, 0) is 9.22 Å². The van der Waals surface area contributed by atoms with Gasteiger partial charge in [-0.1, -0.05) is 48.5 Å². The van der Waals surface area contributed by atoms with Crippen LogP contribution in [0.1, 0.15) is 74.1 Å². The third-order valence-corrected chi connectivity index (χ3v) is 12.4. The Bertz CT molecular complexity index is 435. The van der Waals surface area contributed by atoms with E-state index >= 15 is 0 Å². The van der Waals surface area contributed by atoms with Crippen LogP contribution >= 0.6 is 0 Å². The molecule has 2 fully saturated rings. The molecule has 2 aliphatic rings. The van der Waals surface area contributed by atoms with E-state index in [4.69, 9.17) is 4.43 Å². The molecule has 24 heavy (non-hydrogen) atoms. The van der Waals surface area contributed by atoms with Crippen LogP contribution < -0.4 is 0 Å². The second-order valence-corrected chi connectivity index (χ2v) is 13.7. The van der Waals surface area contributed by atoms with Gasteiger partial charge in [-0.15, -0.1) is 0 Å². The van der Waals surface area contributed by atoms with Crippen LogP contribution in [0.2, 0.25) is 18.1 Å². The van der Waals surface area contributed by atoms with Crippen molar-refractivity contribution in [1.29, 1.82) is 0 Å². The van der Waals surface area contributed by atoms with Gasteiger partial charge in [-0.05, 0) is 61.6 Å². The number of Topliss-reactive ketones (excluding diaryl/α,β-unsaturated/α-hetero) is 1. The summed E-state index contributed by atoms with van der Waals surface area (Å²) in [5.41, 5.74) is -0.190. The zero-order valence-corrected chi connectivity index (χ0v) is 18.2. The van der Waals surface area contributed by atoms with Crippen molar-refractivity contribution >= 4 is 14.1 Å². The first kappa shape index (κ1) is 20.2. The fourth-order valence-corrected chi connectivity index (χ4v) is 8.52. The third kappa shape index (κ3) is 3.16. The molecule has 3 heteroatoms. The van der Waals surface area contributed by atoms with Crippen LogP contribution in [0.5, 0.6) is 0 Å². The van der Waals surface area contributed by atoms with E-state index in [1.165, 1.54) is 31.0 Å².